The molecule has 0 heterocycles. The third-order valence-electron chi connectivity index (χ3n) is 2.42. The van der Waals surface area contributed by atoms with Crippen LogP contribution in [0.1, 0.15) is 25.3 Å². The monoisotopic (exact) mass is 249 g/mol. The summed E-state index contributed by atoms with van der Waals surface area (Å²) in [5, 5.41) is 14.3. The van der Waals surface area contributed by atoms with Crippen LogP contribution >= 0.6 is 0 Å². The van der Waals surface area contributed by atoms with E-state index in [9.17, 15) is 9.18 Å². The summed E-state index contributed by atoms with van der Waals surface area (Å²) in [5.74, 6) is -0.759. The maximum Gasteiger partial charge on any atom is 0.239 e. The van der Waals surface area contributed by atoms with Gasteiger partial charge < -0.3 is 10.6 Å². The molecular weight excluding hydrogens is 233 g/mol. The van der Waals surface area contributed by atoms with Crippen molar-refractivity contribution in [2.75, 3.05) is 18.4 Å². The molecule has 0 fully saturated rings. The van der Waals surface area contributed by atoms with Crippen LogP contribution in [0, 0.1) is 17.1 Å². The van der Waals surface area contributed by atoms with E-state index < -0.39 is 5.82 Å². The Balaban J connectivity index is 2.51. The van der Waals surface area contributed by atoms with E-state index in [1.807, 2.05) is 6.92 Å². The lowest BCUT2D eigenvalue weighted by Gasteiger charge is -2.09. The van der Waals surface area contributed by atoms with E-state index in [-0.39, 0.29) is 18.0 Å². The Hall–Kier alpha value is -2.09. The van der Waals surface area contributed by atoms with Crippen molar-refractivity contribution in [1.82, 2.24) is 5.32 Å². The van der Waals surface area contributed by atoms with Crippen LogP contribution in [0.2, 0.25) is 0 Å². The lowest BCUT2D eigenvalue weighted by atomic mass is 10.2. The van der Waals surface area contributed by atoms with Gasteiger partial charge in [0.25, 0.3) is 0 Å². The Morgan fingerprint density at radius 1 is 1.50 bits per heavy atom. The van der Waals surface area contributed by atoms with Crippen molar-refractivity contribution in [1.29, 1.82) is 5.26 Å². The third kappa shape index (κ3) is 4.06. The van der Waals surface area contributed by atoms with Crippen LogP contribution in [0.25, 0.3) is 0 Å². The molecule has 4 nitrogen and oxygen atoms in total. The normalized spacial score (nSPS) is 9.61. The number of nitrogens with zero attached hydrogens (tertiary/aromatic N) is 1. The minimum Gasteiger partial charge on any atom is -0.375 e. The summed E-state index contributed by atoms with van der Waals surface area (Å²) in [7, 11) is 0. The smallest absolute Gasteiger partial charge is 0.239 e. The average molecular weight is 249 g/mol. The molecule has 0 unspecified atom stereocenters. The van der Waals surface area contributed by atoms with E-state index >= 15 is 0 Å². The van der Waals surface area contributed by atoms with Crippen molar-refractivity contribution < 1.29 is 9.18 Å². The van der Waals surface area contributed by atoms with Crippen molar-refractivity contribution in [3.05, 3.63) is 29.6 Å². The molecule has 1 aromatic rings. The van der Waals surface area contributed by atoms with Crippen LogP contribution in [-0.4, -0.2) is 19.0 Å². The third-order valence-corrected chi connectivity index (χ3v) is 2.42. The van der Waals surface area contributed by atoms with E-state index in [1.54, 1.807) is 12.1 Å². The second-order valence-corrected chi connectivity index (χ2v) is 3.83. The number of rotatable bonds is 6. The lowest BCUT2D eigenvalue weighted by Crippen LogP contribution is -2.30. The van der Waals surface area contributed by atoms with Crippen LogP contribution < -0.4 is 10.6 Å². The molecule has 96 valence electrons. The number of amides is 1. The molecule has 0 radical (unpaired) electrons. The van der Waals surface area contributed by atoms with Gasteiger partial charge in [-0.3, -0.25) is 4.79 Å². The Kier molecular flexibility index (Phi) is 5.65. The summed E-state index contributed by atoms with van der Waals surface area (Å²) in [6.07, 6.45) is 1.94. The molecule has 5 heteroatoms. The fourth-order valence-corrected chi connectivity index (χ4v) is 1.43. The molecule has 0 aliphatic rings. The molecule has 1 amide bonds. The Morgan fingerprint density at radius 2 is 2.28 bits per heavy atom. The van der Waals surface area contributed by atoms with Crippen molar-refractivity contribution in [2.24, 2.45) is 0 Å². The first-order chi connectivity index (χ1) is 8.69. The van der Waals surface area contributed by atoms with Gasteiger partial charge in [-0.25, -0.2) is 4.39 Å². The molecule has 0 aliphatic carbocycles. The average Bonchev–Trinajstić information content (AvgIpc) is 2.36. The highest BCUT2D eigenvalue weighted by molar-refractivity contribution is 5.81. The molecule has 1 aromatic carbocycles. The first-order valence-electron chi connectivity index (χ1n) is 5.88. The van der Waals surface area contributed by atoms with E-state index in [0.717, 1.165) is 12.8 Å². The summed E-state index contributed by atoms with van der Waals surface area (Å²) in [5.41, 5.74) is 0.266. The highest BCUT2D eigenvalue weighted by Gasteiger charge is 2.08. The Bertz CT molecular complexity index is 454. The summed E-state index contributed by atoms with van der Waals surface area (Å²) < 4.78 is 13.3. The zero-order valence-electron chi connectivity index (χ0n) is 10.3. The predicted octanol–water partition coefficient (Wildman–Crippen LogP) is 2.03. The number of unbranched alkanes of at least 4 members (excludes halogenated alkanes) is 1. The number of benzene rings is 1. The van der Waals surface area contributed by atoms with E-state index in [2.05, 4.69) is 10.6 Å². The van der Waals surface area contributed by atoms with Crippen molar-refractivity contribution in [2.45, 2.75) is 19.8 Å². The van der Waals surface area contributed by atoms with Gasteiger partial charge >= 0.3 is 0 Å². The number of hydrogen-bond acceptors (Lipinski definition) is 3. The molecule has 0 bridgehead atoms. The summed E-state index contributed by atoms with van der Waals surface area (Å²) in [6.45, 7) is 2.70. The van der Waals surface area contributed by atoms with Gasteiger partial charge in [0.2, 0.25) is 5.91 Å². The maximum atomic E-state index is 13.3. The van der Waals surface area contributed by atoms with Crippen LogP contribution in [0.15, 0.2) is 18.2 Å². The van der Waals surface area contributed by atoms with Crippen molar-refractivity contribution in [3.8, 4) is 6.07 Å². The minimum atomic E-state index is -0.589. The number of hydrogen-bond donors (Lipinski definition) is 2. The second-order valence-electron chi connectivity index (χ2n) is 3.83. The Morgan fingerprint density at radius 3 is 2.94 bits per heavy atom. The van der Waals surface area contributed by atoms with Crippen molar-refractivity contribution in [3.63, 3.8) is 0 Å². The van der Waals surface area contributed by atoms with Gasteiger partial charge in [-0.1, -0.05) is 19.4 Å². The molecule has 0 aromatic heterocycles. The molecule has 0 atom stereocenters. The van der Waals surface area contributed by atoms with Gasteiger partial charge in [0, 0.05) is 6.54 Å². The number of carbonyl (C=O) groups excluding carboxylic acids is 1. The summed E-state index contributed by atoms with van der Waals surface area (Å²) >= 11 is 0. The predicted molar refractivity (Wildman–Crippen MR) is 67.5 cm³/mol. The van der Waals surface area contributed by atoms with Gasteiger partial charge in [0.15, 0.2) is 0 Å². The van der Waals surface area contributed by atoms with Gasteiger partial charge in [0.05, 0.1) is 12.2 Å². The first-order valence-corrected chi connectivity index (χ1v) is 5.88. The largest absolute Gasteiger partial charge is 0.375 e. The van der Waals surface area contributed by atoms with Crippen LogP contribution in [-0.2, 0) is 4.79 Å². The minimum absolute atomic E-state index is 0.0296. The molecule has 0 saturated carbocycles. The molecular formula is C13H16FN3O. The lowest BCUT2D eigenvalue weighted by molar-refractivity contribution is -0.119. The van der Waals surface area contributed by atoms with E-state index in [4.69, 9.17) is 5.26 Å². The first kappa shape index (κ1) is 14.0. The van der Waals surface area contributed by atoms with Gasteiger partial charge in [-0.2, -0.15) is 5.26 Å². The number of nitriles is 1. The molecule has 0 aliphatic heterocycles. The quantitative estimate of drug-likeness (QED) is 0.758. The molecule has 1 rings (SSSR count). The Labute approximate surface area is 106 Å². The number of anilines is 1. The van der Waals surface area contributed by atoms with Gasteiger partial charge in [-0.05, 0) is 18.6 Å². The summed E-state index contributed by atoms with van der Waals surface area (Å²) in [6, 6.07) is 6.05. The van der Waals surface area contributed by atoms with Crippen LogP contribution in [0.5, 0.6) is 0 Å². The highest BCUT2D eigenvalue weighted by Crippen LogP contribution is 2.17. The second kappa shape index (κ2) is 7.28. The number of halogens is 1. The fourth-order valence-electron chi connectivity index (χ4n) is 1.43. The molecule has 2 N–H and O–H groups in total. The van der Waals surface area contributed by atoms with Gasteiger partial charge in [-0.15, -0.1) is 0 Å². The highest BCUT2D eigenvalue weighted by atomic mass is 19.1. The number of carbonyl (C=O) groups is 1. The van der Waals surface area contributed by atoms with Crippen molar-refractivity contribution >= 4 is 11.6 Å². The van der Waals surface area contributed by atoms with Gasteiger partial charge in [0.1, 0.15) is 17.4 Å². The SMILES string of the molecule is CCCCNC(=O)CNc1cccc(F)c1C#N. The number of nitrogens with one attached hydrogen (secondary N) is 2. The maximum absolute atomic E-state index is 13.3. The molecule has 18 heavy (non-hydrogen) atoms. The summed E-state index contributed by atoms with van der Waals surface area (Å²) in [4.78, 5) is 11.4. The van der Waals surface area contributed by atoms with E-state index in [0.29, 0.717) is 12.2 Å². The zero-order chi connectivity index (χ0) is 13.4. The van der Waals surface area contributed by atoms with Crippen LogP contribution in [0.3, 0.4) is 0 Å². The topological polar surface area (TPSA) is 64.9 Å². The zero-order valence-corrected chi connectivity index (χ0v) is 10.3. The molecule has 0 spiro atoms. The van der Waals surface area contributed by atoms with E-state index in [1.165, 1.54) is 12.1 Å². The molecule has 0 saturated heterocycles. The van der Waals surface area contributed by atoms with Crippen LogP contribution in [0.4, 0.5) is 10.1 Å². The standard InChI is InChI=1S/C13H16FN3O/c1-2-3-7-16-13(18)9-17-12-6-4-5-11(14)10(12)8-15/h4-6,17H,2-3,7,9H2,1H3,(H,16,18). The fraction of sp³-hybridized carbons (Fsp3) is 0.385.